The highest BCUT2D eigenvalue weighted by Gasteiger charge is 2.20. The molecule has 0 bridgehead atoms. The van der Waals surface area contributed by atoms with Gasteiger partial charge in [-0.15, -0.1) is 0 Å². The van der Waals surface area contributed by atoms with Crippen LogP contribution in [0.3, 0.4) is 0 Å². The number of carbonyl (C=O) groups excluding carboxylic acids is 2. The van der Waals surface area contributed by atoms with Gasteiger partial charge in [0.2, 0.25) is 5.88 Å². The normalized spacial score (nSPS) is 10.8. The van der Waals surface area contributed by atoms with Crippen molar-refractivity contribution in [3.05, 3.63) is 65.0 Å². The molecule has 0 radical (unpaired) electrons. The van der Waals surface area contributed by atoms with E-state index in [0.29, 0.717) is 29.5 Å². The molecule has 0 unspecified atom stereocenters. The Morgan fingerprint density at radius 2 is 2.00 bits per heavy atom. The summed E-state index contributed by atoms with van der Waals surface area (Å²) >= 11 is 0. The topological polar surface area (TPSA) is 79.4 Å². The summed E-state index contributed by atoms with van der Waals surface area (Å²) in [5.41, 5.74) is 1.65. The van der Waals surface area contributed by atoms with E-state index in [4.69, 9.17) is 4.74 Å². The number of aromatic amines is 1. The van der Waals surface area contributed by atoms with Gasteiger partial charge >= 0.3 is 5.97 Å². The quantitative estimate of drug-likeness (QED) is 0.521. The summed E-state index contributed by atoms with van der Waals surface area (Å²) < 4.78 is 18.2. The molecule has 3 rings (SSSR count). The third-order valence-corrected chi connectivity index (χ3v) is 4.08. The number of carbonyl (C=O) groups is 2. The van der Waals surface area contributed by atoms with Crippen LogP contribution in [0.1, 0.15) is 34.8 Å². The number of H-pyrrole nitrogens is 1. The minimum Gasteiger partial charge on any atom is -0.494 e. The third-order valence-electron chi connectivity index (χ3n) is 4.08. The highest BCUT2D eigenvalue weighted by molar-refractivity contribution is 6.18. The standard InChI is InChI=1S/C20H18FNO4/c1-2-26-17(23)9-6-12-4-3-5-13(10-12)19(24)18-15-8-7-14(21)11-16(15)22-20(18)25/h3-5,7-8,10-11,22,25H,2,6,9H2,1H3. The van der Waals surface area contributed by atoms with Crippen LogP contribution in [0.2, 0.25) is 0 Å². The largest absolute Gasteiger partial charge is 0.494 e. The van der Waals surface area contributed by atoms with Crippen molar-refractivity contribution in [1.29, 1.82) is 0 Å². The van der Waals surface area contributed by atoms with Gasteiger partial charge in [0.1, 0.15) is 5.82 Å². The molecule has 26 heavy (non-hydrogen) atoms. The molecule has 0 atom stereocenters. The molecule has 2 aromatic carbocycles. The second-order valence-corrected chi connectivity index (χ2v) is 5.87. The lowest BCUT2D eigenvalue weighted by molar-refractivity contribution is -0.143. The molecule has 1 heterocycles. The number of ether oxygens (including phenoxy) is 1. The molecule has 0 fully saturated rings. The van der Waals surface area contributed by atoms with Gasteiger partial charge < -0.3 is 14.8 Å². The first-order chi connectivity index (χ1) is 12.5. The lowest BCUT2D eigenvalue weighted by Gasteiger charge is -2.05. The number of aryl methyl sites for hydroxylation is 1. The Labute approximate surface area is 149 Å². The van der Waals surface area contributed by atoms with Crippen molar-refractivity contribution in [2.24, 2.45) is 0 Å². The Kier molecular flexibility index (Phi) is 5.02. The van der Waals surface area contributed by atoms with Crippen LogP contribution in [0.15, 0.2) is 42.5 Å². The zero-order valence-electron chi connectivity index (χ0n) is 14.2. The SMILES string of the molecule is CCOC(=O)CCc1cccc(C(=O)c2c(O)[nH]c3cc(F)ccc23)c1. The van der Waals surface area contributed by atoms with Crippen LogP contribution in [0, 0.1) is 5.82 Å². The minimum absolute atomic E-state index is 0.0996. The van der Waals surface area contributed by atoms with E-state index in [-0.39, 0.29) is 29.6 Å². The molecule has 3 aromatic rings. The van der Waals surface area contributed by atoms with Gasteiger partial charge in [0.15, 0.2) is 5.78 Å². The number of esters is 1. The van der Waals surface area contributed by atoms with Crippen molar-refractivity contribution in [1.82, 2.24) is 4.98 Å². The van der Waals surface area contributed by atoms with Crippen LogP contribution in [-0.2, 0) is 16.0 Å². The molecular formula is C20H18FNO4. The monoisotopic (exact) mass is 355 g/mol. The number of nitrogens with one attached hydrogen (secondary N) is 1. The molecule has 0 aliphatic heterocycles. The number of aromatic nitrogens is 1. The Hall–Kier alpha value is -3.15. The fourth-order valence-corrected chi connectivity index (χ4v) is 2.88. The molecule has 1 aromatic heterocycles. The zero-order valence-corrected chi connectivity index (χ0v) is 14.2. The Morgan fingerprint density at radius 1 is 1.19 bits per heavy atom. The van der Waals surface area contributed by atoms with Crippen LogP contribution < -0.4 is 0 Å². The fourth-order valence-electron chi connectivity index (χ4n) is 2.88. The maximum atomic E-state index is 13.3. The van der Waals surface area contributed by atoms with Crippen LogP contribution in [0.25, 0.3) is 10.9 Å². The number of rotatable bonds is 6. The summed E-state index contributed by atoms with van der Waals surface area (Å²) in [5.74, 6) is -1.43. The van der Waals surface area contributed by atoms with Crippen molar-refractivity contribution in [2.45, 2.75) is 19.8 Å². The Morgan fingerprint density at radius 3 is 2.77 bits per heavy atom. The van der Waals surface area contributed by atoms with Crippen LogP contribution >= 0.6 is 0 Å². The first-order valence-corrected chi connectivity index (χ1v) is 8.29. The number of ketones is 1. The van der Waals surface area contributed by atoms with E-state index in [1.54, 1.807) is 25.1 Å². The van der Waals surface area contributed by atoms with Gasteiger partial charge in [0.25, 0.3) is 0 Å². The van der Waals surface area contributed by atoms with Gasteiger partial charge in [0.05, 0.1) is 17.7 Å². The summed E-state index contributed by atoms with van der Waals surface area (Å²) in [4.78, 5) is 27.0. The van der Waals surface area contributed by atoms with Gasteiger partial charge in [-0.3, -0.25) is 9.59 Å². The van der Waals surface area contributed by atoms with E-state index in [1.807, 2.05) is 6.07 Å². The molecule has 0 saturated carbocycles. The number of halogens is 1. The van der Waals surface area contributed by atoms with E-state index in [0.717, 1.165) is 5.56 Å². The van der Waals surface area contributed by atoms with Crippen LogP contribution in [-0.4, -0.2) is 28.4 Å². The van der Waals surface area contributed by atoms with Crippen molar-refractivity contribution in [2.75, 3.05) is 6.61 Å². The Bertz CT molecular complexity index is 977. The maximum Gasteiger partial charge on any atom is 0.306 e. The summed E-state index contributed by atoms with van der Waals surface area (Å²) in [6.07, 6.45) is 0.675. The number of fused-ring (bicyclic) bond motifs is 1. The molecular weight excluding hydrogens is 337 g/mol. The number of hydrogen-bond donors (Lipinski definition) is 2. The zero-order chi connectivity index (χ0) is 18.7. The highest BCUT2D eigenvalue weighted by Crippen LogP contribution is 2.30. The van der Waals surface area contributed by atoms with Crippen LogP contribution in [0.5, 0.6) is 5.88 Å². The second-order valence-electron chi connectivity index (χ2n) is 5.87. The summed E-state index contributed by atoms with van der Waals surface area (Å²) in [6.45, 7) is 2.08. The molecule has 134 valence electrons. The second kappa shape index (κ2) is 7.39. The van der Waals surface area contributed by atoms with Crippen molar-refractivity contribution >= 4 is 22.7 Å². The van der Waals surface area contributed by atoms with Crippen molar-refractivity contribution in [3.8, 4) is 5.88 Å². The minimum atomic E-state index is -0.460. The molecule has 2 N–H and O–H groups in total. The lowest BCUT2D eigenvalue weighted by Crippen LogP contribution is -2.06. The average molecular weight is 355 g/mol. The highest BCUT2D eigenvalue weighted by atomic mass is 19.1. The summed E-state index contributed by atoms with van der Waals surface area (Å²) in [5, 5.41) is 10.6. The van der Waals surface area contributed by atoms with Crippen molar-refractivity contribution in [3.63, 3.8) is 0 Å². The van der Waals surface area contributed by atoms with Gasteiger partial charge in [-0.25, -0.2) is 4.39 Å². The maximum absolute atomic E-state index is 13.3. The van der Waals surface area contributed by atoms with Crippen molar-refractivity contribution < 1.29 is 23.8 Å². The van der Waals surface area contributed by atoms with E-state index < -0.39 is 5.82 Å². The molecule has 0 amide bonds. The fraction of sp³-hybridized carbons (Fsp3) is 0.200. The summed E-state index contributed by atoms with van der Waals surface area (Å²) in [7, 11) is 0. The molecule has 5 nitrogen and oxygen atoms in total. The lowest BCUT2D eigenvalue weighted by atomic mass is 9.99. The van der Waals surface area contributed by atoms with Gasteiger partial charge in [-0.05, 0) is 43.2 Å². The first kappa shape index (κ1) is 17.7. The molecule has 0 spiro atoms. The summed E-state index contributed by atoms with van der Waals surface area (Å²) in [6, 6.07) is 10.8. The van der Waals surface area contributed by atoms with Crippen LogP contribution in [0.4, 0.5) is 4.39 Å². The molecule has 6 heteroatoms. The predicted molar refractivity (Wildman–Crippen MR) is 94.8 cm³/mol. The van der Waals surface area contributed by atoms with E-state index in [1.165, 1.54) is 18.2 Å². The third kappa shape index (κ3) is 3.59. The number of aromatic hydroxyl groups is 1. The average Bonchev–Trinajstić information content (AvgIpc) is 2.94. The van der Waals surface area contributed by atoms with E-state index in [9.17, 15) is 19.1 Å². The Balaban J connectivity index is 1.88. The number of hydrogen-bond acceptors (Lipinski definition) is 4. The number of benzene rings is 2. The van der Waals surface area contributed by atoms with E-state index in [2.05, 4.69) is 4.98 Å². The molecule has 0 saturated heterocycles. The molecule has 0 aliphatic carbocycles. The first-order valence-electron chi connectivity index (χ1n) is 8.29. The predicted octanol–water partition coefficient (Wildman–Crippen LogP) is 3.74. The van der Waals surface area contributed by atoms with Gasteiger partial charge in [-0.2, -0.15) is 0 Å². The van der Waals surface area contributed by atoms with Gasteiger partial charge in [0, 0.05) is 17.4 Å². The smallest absolute Gasteiger partial charge is 0.306 e. The van der Waals surface area contributed by atoms with Gasteiger partial charge in [-0.1, -0.05) is 18.2 Å². The van der Waals surface area contributed by atoms with E-state index >= 15 is 0 Å². The molecule has 0 aliphatic rings.